The third kappa shape index (κ3) is 7.00. The highest BCUT2D eigenvalue weighted by Crippen LogP contribution is 2.21. The van der Waals surface area contributed by atoms with E-state index in [1.54, 1.807) is 7.11 Å². The van der Waals surface area contributed by atoms with Crippen LogP contribution in [0.2, 0.25) is 0 Å². The van der Waals surface area contributed by atoms with E-state index in [9.17, 15) is 0 Å². The van der Waals surface area contributed by atoms with Gasteiger partial charge in [0.05, 0.1) is 6.10 Å². The minimum Gasteiger partial charge on any atom is -0.379 e. The van der Waals surface area contributed by atoms with Gasteiger partial charge < -0.3 is 15.4 Å². The number of methoxy groups -OCH3 is 1. The molecule has 6 heteroatoms. The van der Waals surface area contributed by atoms with Crippen LogP contribution in [0.1, 0.15) is 40.5 Å². The monoisotopic (exact) mass is 426 g/mol. The van der Waals surface area contributed by atoms with Crippen molar-refractivity contribution in [3.63, 3.8) is 0 Å². The van der Waals surface area contributed by atoms with Gasteiger partial charge in [-0.2, -0.15) is 0 Å². The highest BCUT2D eigenvalue weighted by molar-refractivity contribution is 14.0. The fourth-order valence-corrected chi connectivity index (χ4v) is 2.91. The third-order valence-electron chi connectivity index (χ3n) is 4.34. The van der Waals surface area contributed by atoms with Crippen LogP contribution < -0.4 is 10.6 Å². The number of rotatable bonds is 6. The number of hydrogen-bond donors (Lipinski definition) is 2. The summed E-state index contributed by atoms with van der Waals surface area (Å²) in [5.41, 5.74) is 0.116. The molecule has 1 aliphatic heterocycles. The molecule has 1 fully saturated rings. The molecule has 2 atom stereocenters. The summed E-state index contributed by atoms with van der Waals surface area (Å²) in [6.07, 6.45) is 2.75. The molecule has 1 heterocycles. The molecule has 0 aromatic heterocycles. The molecule has 22 heavy (non-hydrogen) atoms. The molecule has 2 N–H and O–H groups in total. The Morgan fingerprint density at radius 3 is 2.55 bits per heavy atom. The smallest absolute Gasteiger partial charge is 0.191 e. The lowest BCUT2D eigenvalue weighted by Gasteiger charge is -2.30. The number of nitrogens with one attached hydrogen (secondary N) is 2. The number of likely N-dealkylation sites (N-methyl/N-ethyl adjacent to an activating group) is 1. The lowest BCUT2D eigenvalue weighted by molar-refractivity contribution is 0.0205. The van der Waals surface area contributed by atoms with Crippen molar-refractivity contribution in [3.05, 3.63) is 0 Å². The van der Waals surface area contributed by atoms with E-state index in [2.05, 4.69) is 48.2 Å². The Bertz CT molecular complexity index is 331. The van der Waals surface area contributed by atoms with Crippen LogP contribution in [0.25, 0.3) is 0 Å². The fraction of sp³-hybridized carbons (Fsp3) is 0.938. The molecule has 132 valence electrons. The zero-order chi connectivity index (χ0) is 15.9. The standard InChI is InChI=1S/C16H34N4O.HI/c1-7-20-10-8-9-13(20)11-18-15(17-5)19-12-14(21-6)16(2,3)4;/h13-14H,7-12H2,1-6H3,(H2,17,18,19);1H. The SMILES string of the molecule is CCN1CCCC1CNC(=NC)NCC(OC)C(C)(C)C.I. The van der Waals surface area contributed by atoms with E-state index in [1.807, 2.05) is 7.05 Å². The van der Waals surface area contributed by atoms with Crippen LogP contribution in [0, 0.1) is 5.41 Å². The Hall–Kier alpha value is -0.0800. The minimum atomic E-state index is 0. The van der Waals surface area contributed by atoms with Gasteiger partial charge >= 0.3 is 0 Å². The maximum absolute atomic E-state index is 5.57. The Morgan fingerprint density at radius 1 is 1.36 bits per heavy atom. The first-order chi connectivity index (χ1) is 9.92. The second-order valence-corrected chi connectivity index (χ2v) is 6.85. The van der Waals surface area contributed by atoms with Gasteiger partial charge in [-0.05, 0) is 31.3 Å². The summed E-state index contributed by atoms with van der Waals surface area (Å²) in [6.45, 7) is 12.9. The molecule has 1 rings (SSSR count). The lowest BCUT2D eigenvalue weighted by atomic mass is 9.89. The molecule has 0 radical (unpaired) electrons. The largest absolute Gasteiger partial charge is 0.379 e. The van der Waals surface area contributed by atoms with Gasteiger partial charge in [0.1, 0.15) is 0 Å². The molecule has 2 unspecified atom stereocenters. The Balaban J connectivity index is 0.00000441. The molecule has 1 saturated heterocycles. The van der Waals surface area contributed by atoms with Gasteiger partial charge in [0.25, 0.3) is 0 Å². The van der Waals surface area contributed by atoms with Gasteiger partial charge in [0.2, 0.25) is 0 Å². The van der Waals surface area contributed by atoms with E-state index in [1.165, 1.54) is 19.4 Å². The number of ether oxygens (including phenoxy) is 1. The molecular formula is C16H35IN4O. The van der Waals surface area contributed by atoms with Crippen molar-refractivity contribution < 1.29 is 4.74 Å². The summed E-state index contributed by atoms with van der Waals surface area (Å²) in [5, 5.41) is 6.83. The number of hydrogen-bond acceptors (Lipinski definition) is 3. The van der Waals surface area contributed by atoms with Crippen molar-refractivity contribution in [3.8, 4) is 0 Å². The molecular weight excluding hydrogens is 391 g/mol. The van der Waals surface area contributed by atoms with E-state index in [0.29, 0.717) is 6.04 Å². The van der Waals surface area contributed by atoms with Crippen LogP contribution in [0.5, 0.6) is 0 Å². The maximum Gasteiger partial charge on any atom is 0.191 e. The molecule has 0 aromatic rings. The first-order valence-corrected chi connectivity index (χ1v) is 8.13. The van der Waals surface area contributed by atoms with E-state index in [0.717, 1.165) is 25.6 Å². The van der Waals surface area contributed by atoms with Gasteiger partial charge in [-0.25, -0.2) is 0 Å². The first-order valence-electron chi connectivity index (χ1n) is 8.13. The van der Waals surface area contributed by atoms with Crippen molar-refractivity contribution in [2.24, 2.45) is 10.4 Å². The molecule has 0 spiro atoms. The number of aliphatic imine (C=N–C) groups is 1. The highest BCUT2D eigenvalue weighted by atomic mass is 127. The third-order valence-corrected chi connectivity index (χ3v) is 4.34. The van der Waals surface area contributed by atoms with Crippen molar-refractivity contribution in [1.82, 2.24) is 15.5 Å². The zero-order valence-electron chi connectivity index (χ0n) is 15.1. The summed E-state index contributed by atoms with van der Waals surface area (Å²) in [6, 6.07) is 0.634. The van der Waals surface area contributed by atoms with Crippen LogP contribution in [-0.2, 0) is 4.74 Å². The van der Waals surface area contributed by atoms with Crippen LogP contribution in [0.4, 0.5) is 0 Å². The Kier molecular flexibility index (Phi) is 10.6. The second-order valence-electron chi connectivity index (χ2n) is 6.85. The normalized spacial score (nSPS) is 21.4. The summed E-state index contributed by atoms with van der Waals surface area (Å²) in [5.74, 6) is 0.865. The Labute approximate surface area is 153 Å². The van der Waals surface area contributed by atoms with Gasteiger partial charge in [-0.1, -0.05) is 27.7 Å². The van der Waals surface area contributed by atoms with Gasteiger partial charge in [0, 0.05) is 33.3 Å². The van der Waals surface area contributed by atoms with Gasteiger partial charge in [0.15, 0.2) is 5.96 Å². The minimum absolute atomic E-state index is 0. The maximum atomic E-state index is 5.57. The number of halogens is 1. The van der Waals surface area contributed by atoms with Gasteiger partial charge in [-0.3, -0.25) is 9.89 Å². The molecule has 0 bridgehead atoms. The number of nitrogens with zero attached hydrogens (tertiary/aromatic N) is 2. The average Bonchev–Trinajstić information content (AvgIpc) is 2.88. The summed E-state index contributed by atoms with van der Waals surface area (Å²) < 4.78 is 5.57. The fourth-order valence-electron chi connectivity index (χ4n) is 2.91. The van der Waals surface area contributed by atoms with Crippen molar-refractivity contribution in [2.75, 3.05) is 40.3 Å². The van der Waals surface area contributed by atoms with Gasteiger partial charge in [-0.15, -0.1) is 24.0 Å². The van der Waals surface area contributed by atoms with Crippen LogP contribution in [-0.4, -0.2) is 63.3 Å². The quantitative estimate of drug-likeness (QED) is 0.389. The number of guanidine groups is 1. The molecule has 0 saturated carbocycles. The molecule has 0 aliphatic carbocycles. The van der Waals surface area contributed by atoms with Crippen LogP contribution in [0.15, 0.2) is 4.99 Å². The van der Waals surface area contributed by atoms with Crippen molar-refractivity contribution in [2.45, 2.75) is 52.7 Å². The summed E-state index contributed by atoms with van der Waals surface area (Å²) in [4.78, 5) is 6.84. The van der Waals surface area contributed by atoms with Crippen molar-refractivity contribution in [1.29, 1.82) is 0 Å². The second kappa shape index (κ2) is 10.6. The molecule has 5 nitrogen and oxygen atoms in total. The number of likely N-dealkylation sites (tertiary alicyclic amines) is 1. The first kappa shape index (κ1) is 21.9. The Morgan fingerprint density at radius 2 is 2.05 bits per heavy atom. The molecule has 0 aromatic carbocycles. The zero-order valence-corrected chi connectivity index (χ0v) is 17.4. The van der Waals surface area contributed by atoms with E-state index in [4.69, 9.17) is 4.74 Å². The summed E-state index contributed by atoms with van der Waals surface area (Å²) in [7, 11) is 3.59. The lowest BCUT2D eigenvalue weighted by Crippen LogP contribution is -2.48. The predicted molar refractivity (Wildman–Crippen MR) is 105 cm³/mol. The van der Waals surface area contributed by atoms with Crippen LogP contribution >= 0.6 is 24.0 Å². The van der Waals surface area contributed by atoms with Crippen LogP contribution in [0.3, 0.4) is 0 Å². The molecule has 0 amide bonds. The van der Waals surface area contributed by atoms with E-state index < -0.39 is 0 Å². The highest BCUT2D eigenvalue weighted by Gasteiger charge is 2.25. The van der Waals surface area contributed by atoms with E-state index >= 15 is 0 Å². The predicted octanol–water partition coefficient (Wildman–Crippen LogP) is 2.31. The summed E-state index contributed by atoms with van der Waals surface area (Å²) >= 11 is 0. The average molecular weight is 426 g/mol. The van der Waals surface area contributed by atoms with E-state index in [-0.39, 0.29) is 35.5 Å². The van der Waals surface area contributed by atoms with Crippen molar-refractivity contribution >= 4 is 29.9 Å². The topological polar surface area (TPSA) is 48.9 Å². The molecule has 1 aliphatic rings.